The van der Waals surface area contributed by atoms with Crippen molar-refractivity contribution in [3.8, 4) is 0 Å². The lowest BCUT2D eigenvalue weighted by atomic mass is 10.2. The Labute approximate surface area is 121 Å². The molecule has 3 aromatic rings. The number of oxazole rings is 1. The van der Waals surface area contributed by atoms with Crippen LogP contribution in [0.2, 0.25) is 0 Å². The van der Waals surface area contributed by atoms with Gasteiger partial charge < -0.3 is 9.73 Å². The highest BCUT2D eigenvalue weighted by atomic mass is 35.5. The van der Waals surface area contributed by atoms with Crippen molar-refractivity contribution in [2.75, 3.05) is 5.32 Å². The van der Waals surface area contributed by atoms with Crippen LogP contribution in [0.25, 0.3) is 11.1 Å². The van der Waals surface area contributed by atoms with Gasteiger partial charge in [-0.3, -0.25) is 9.78 Å². The highest BCUT2D eigenvalue weighted by molar-refractivity contribution is 6.04. The topological polar surface area (TPSA) is 68.0 Å². The largest absolute Gasteiger partial charge is 0.441 e. The Morgan fingerprint density at radius 1 is 1.20 bits per heavy atom. The van der Waals surface area contributed by atoms with Gasteiger partial charge in [0.05, 0.1) is 0 Å². The molecule has 5 nitrogen and oxygen atoms in total. The number of aromatic nitrogens is 2. The minimum absolute atomic E-state index is 0. The van der Waals surface area contributed by atoms with Crippen molar-refractivity contribution in [1.82, 2.24) is 9.97 Å². The molecular weight excluding hydrogens is 278 g/mol. The normalized spacial score (nSPS) is 10.1. The predicted octanol–water partition coefficient (Wildman–Crippen LogP) is 3.21. The van der Waals surface area contributed by atoms with Gasteiger partial charge in [-0.05, 0) is 24.3 Å². The highest BCUT2D eigenvalue weighted by Gasteiger charge is 2.07. The molecule has 0 radical (unpaired) electrons. The average Bonchev–Trinajstić information content (AvgIpc) is 2.79. The number of aryl methyl sites for hydroxylation is 1. The quantitative estimate of drug-likeness (QED) is 0.786. The maximum atomic E-state index is 12.0. The van der Waals surface area contributed by atoms with Crippen LogP contribution in [0.3, 0.4) is 0 Å². The van der Waals surface area contributed by atoms with E-state index in [0.717, 1.165) is 5.52 Å². The number of benzene rings is 1. The van der Waals surface area contributed by atoms with Crippen LogP contribution in [-0.2, 0) is 0 Å². The van der Waals surface area contributed by atoms with E-state index in [1.807, 2.05) is 6.07 Å². The van der Waals surface area contributed by atoms with Crippen LogP contribution in [0.5, 0.6) is 0 Å². The Bertz CT molecular complexity index is 741. The van der Waals surface area contributed by atoms with E-state index < -0.39 is 0 Å². The Balaban J connectivity index is 0.00000147. The molecule has 0 aliphatic rings. The summed E-state index contributed by atoms with van der Waals surface area (Å²) in [5.41, 5.74) is 2.67. The summed E-state index contributed by atoms with van der Waals surface area (Å²) in [7, 11) is 0. The summed E-state index contributed by atoms with van der Waals surface area (Å²) in [4.78, 5) is 20.0. The minimum atomic E-state index is -0.182. The minimum Gasteiger partial charge on any atom is -0.441 e. The van der Waals surface area contributed by atoms with Crippen molar-refractivity contribution in [3.63, 3.8) is 0 Å². The molecule has 2 aromatic heterocycles. The van der Waals surface area contributed by atoms with Gasteiger partial charge in [-0.1, -0.05) is 0 Å². The van der Waals surface area contributed by atoms with Crippen molar-refractivity contribution >= 4 is 35.1 Å². The zero-order valence-corrected chi connectivity index (χ0v) is 11.5. The lowest BCUT2D eigenvalue weighted by Crippen LogP contribution is -2.11. The van der Waals surface area contributed by atoms with Crippen LogP contribution in [-0.4, -0.2) is 15.9 Å². The number of fused-ring (bicyclic) bond motifs is 1. The Kier molecular flexibility index (Phi) is 4.00. The van der Waals surface area contributed by atoms with Crippen molar-refractivity contribution in [2.24, 2.45) is 0 Å². The average molecular weight is 290 g/mol. The number of amides is 1. The molecule has 102 valence electrons. The zero-order chi connectivity index (χ0) is 13.2. The molecule has 0 aliphatic carbocycles. The van der Waals surface area contributed by atoms with Gasteiger partial charge in [-0.25, -0.2) is 4.98 Å². The second kappa shape index (κ2) is 5.71. The fourth-order valence-electron chi connectivity index (χ4n) is 1.82. The number of nitrogens with one attached hydrogen (secondary N) is 1. The first-order valence-corrected chi connectivity index (χ1v) is 5.81. The lowest BCUT2D eigenvalue weighted by molar-refractivity contribution is 0.102. The van der Waals surface area contributed by atoms with E-state index in [1.165, 1.54) is 0 Å². The highest BCUT2D eigenvalue weighted by Crippen LogP contribution is 2.20. The first-order valence-electron chi connectivity index (χ1n) is 5.81. The number of carbonyl (C=O) groups excluding carboxylic acids is 1. The van der Waals surface area contributed by atoms with Crippen LogP contribution in [0.1, 0.15) is 16.2 Å². The first kappa shape index (κ1) is 14.0. The zero-order valence-electron chi connectivity index (χ0n) is 10.7. The van der Waals surface area contributed by atoms with Gasteiger partial charge in [-0.2, -0.15) is 0 Å². The van der Waals surface area contributed by atoms with Gasteiger partial charge in [0.1, 0.15) is 5.52 Å². The summed E-state index contributed by atoms with van der Waals surface area (Å²) in [6, 6.07) is 8.69. The number of anilines is 1. The number of rotatable bonds is 2. The molecule has 20 heavy (non-hydrogen) atoms. The number of halogens is 1. The lowest BCUT2D eigenvalue weighted by Gasteiger charge is -2.04. The van der Waals surface area contributed by atoms with Crippen LogP contribution >= 0.6 is 12.4 Å². The van der Waals surface area contributed by atoms with E-state index in [2.05, 4.69) is 15.3 Å². The van der Waals surface area contributed by atoms with Crippen LogP contribution in [0, 0.1) is 6.92 Å². The monoisotopic (exact) mass is 289 g/mol. The fourth-order valence-corrected chi connectivity index (χ4v) is 1.82. The molecule has 6 heteroatoms. The molecule has 1 aromatic carbocycles. The second-order valence-corrected chi connectivity index (χ2v) is 4.11. The standard InChI is InChI=1S/C14H11N3O2.ClH/c1-9-16-12-3-2-11(8-13(12)19-9)17-14(18)10-4-6-15-7-5-10;/h2-8H,1H3,(H,17,18);1H. The number of hydrogen-bond acceptors (Lipinski definition) is 4. The van der Waals surface area contributed by atoms with Gasteiger partial charge in [0.15, 0.2) is 11.5 Å². The summed E-state index contributed by atoms with van der Waals surface area (Å²) >= 11 is 0. The predicted molar refractivity (Wildman–Crippen MR) is 78.2 cm³/mol. The van der Waals surface area contributed by atoms with Gasteiger partial charge >= 0.3 is 0 Å². The Morgan fingerprint density at radius 2 is 1.95 bits per heavy atom. The van der Waals surface area contributed by atoms with E-state index in [9.17, 15) is 4.79 Å². The number of nitrogens with zero attached hydrogens (tertiary/aromatic N) is 2. The first-order chi connectivity index (χ1) is 9.22. The van der Waals surface area contributed by atoms with Crippen molar-refractivity contribution in [2.45, 2.75) is 6.92 Å². The molecule has 1 N–H and O–H groups in total. The maximum absolute atomic E-state index is 12.0. The van der Waals surface area contributed by atoms with E-state index in [0.29, 0.717) is 22.7 Å². The molecule has 0 spiro atoms. The van der Waals surface area contributed by atoms with Crippen molar-refractivity contribution < 1.29 is 9.21 Å². The Hall–Kier alpha value is -2.40. The molecule has 1 amide bonds. The van der Waals surface area contributed by atoms with Crippen LogP contribution in [0.15, 0.2) is 47.1 Å². The van der Waals surface area contributed by atoms with Crippen LogP contribution in [0.4, 0.5) is 5.69 Å². The summed E-state index contributed by atoms with van der Waals surface area (Å²) in [5.74, 6) is 0.422. The molecule has 0 bridgehead atoms. The van der Waals surface area contributed by atoms with E-state index in [-0.39, 0.29) is 18.3 Å². The molecule has 0 saturated carbocycles. The van der Waals surface area contributed by atoms with Gasteiger partial charge in [0.2, 0.25) is 0 Å². The van der Waals surface area contributed by atoms with Gasteiger partial charge in [-0.15, -0.1) is 12.4 Å². The smallest absolute Gasteiger partial charge is 0.255 e. The molecular formula is C14H12ClN3O2. The summed E-state index contributed by atoms with van der Waals surface area (Å²) < 4.78 is 5.42. The number of carbonyl (C=O) groups is 1. The summed E-state index contributed by atoms with van der Waals surface area (Å²) in [6.07, 6.45) is 3.16. The Morgan fingerprint density at radius 3 is 2.70 bits per heavy atom. The summed E-state index contributed by atoms with van der Waals surface area (Å²) in [5, 5.41) is 2.81. The van der Waals surface area contributed by atoms with Crippen molar-refractivity contribution in [1.29, 1.82) is 0 Å². The third-order valence-corrected chi connectivity index (χ3v) is 2.70. The van der Waals surface area contributed by atoms with E-state index in [1.54, 1.807) is 43.6 Å². The molecule has 0 atom stereocenters. The molecule has 0 fully saturated rings. The molecule has 0 unspecified atom stereocenters. The number of pyridine rings is 1. The maximum Gasteiger partial charge on any atom is 0.255 e. The van der Waals surface area contributed by atoms with E-state index in [4.69, 9.17) is 4.42 Å². The SMILES string of the molecule is Cc1nc2ccc(NC(=O)c3ccncc3)cc2o1.Cl. The molecule has 2 heterocycles. The number of hydrogen-bond donors (Lipinski definition) is 1. The van der Waals surface area contributed by atoms with Gasteiger partial charge in [0, 0.05) is 36.6 Å². The third kappa shape index (κ3) is 2.78. The summed E-state index contributed by atoms with van der Waals surface area (Å²) in [6.45, 7) is 1.79. The molecule has 0 aliphatic heterocycles. The van der Waals surface area contributed by atoms with Crippen molar-refractivity contribution in [3.05, 3.63) is 54.2 Å². The third-order valence-electron chi connectivity index (χ3n) is 2.70. The van der Waals surface area contributed by atoms with Gasteiger partial charge in [0.25, 0.3) is 5.91 Å². The second-order valence-electron chi connectivity index (χ2n) is 4.11. The molecule has 3 rings (SSSR count). The molecule has 0 saturated heterocycles. The van der Waals surface area contributed by atoms with Crippen LogP contribution < -0.4 is 5.32 Å². The fraction of sp³-hybridized carbons (Fsp3) is 0.0714. The van der Waals surface area contributed by atoms with E-state index >= 15 is 0 Å².